The van der Waals surface area contributed by atoms with E-state index in [1.165, 1.54) is 0 Å². The Hall–Kier alpha value is -2.00. The number of carbonyl (C=O) groups excluding carboxylic acids is 2. The first-order valence-electron chi connectivity index (χ1n) is 9.17. The van der Waals surface area contributed by atoms with E-state index in [4.69, 9.17) is 9.47 Å². The Balaban J connectivity index is 2.02. The Morgan fingerprint density at radius 1 is 1.22 bits per heavy atom. The molecule has 1 amide bonds. The van der Waals surface area contributed by atoms with Crippen LogP contribution in [-0.4, -0.2) is 29.8 Å². The molecule has 0 aromatic heterocycles. The summed E-state index contributed by atoms with van der Waals surface area (Å²) in [6, 6.07) is 6.70. The van der Waals surface area contributed by atoms with Gasteiger partial charge in [0.25, 0.3) is 0 Å². The quantitative estimate of drug-likeness (QED) is 0.555. The van der Waals surface area contributed by atoms with Gasteiger partial charge < -0.3 is 14.8 Å². The lowest BCUT2D eigenvalue weighted by atomic mass is 10.1. The molecule has 1 aliphatic rings. The number of ether oxygens (including phenoxy) is 2. The van der Waals surface area contributed by atoms with Gasteiger partial charge in [-0.3, -0.25) is 0 Å². The largest absolute Gasteiger partial charge is 0.461 e. The normalized spacial score (nSPS) is 15.4. The van der Waals surface area contributed by atoms with Gasteiger partial charge in [0.05, 0.1) is 0 Å². The molecule has 1 aliphatic carbocycles. The number of benzene rings is 1. The van der Waals surface area contributed by atoms with E-state index >= 15 is 0 Å². The molecule has 0 aliphatic heterocycles. The molecule has 2 rings (SSSR count). The molecule has 146 valence electrons. The maximum Gasteiger partial charge on any atom is 0.408 e. The predicted octanol–water partition coefficient (Wildman–Crippen LogP) is 4.57. The lowest BCUT2D eigenvalue weighted by Crippen LogP contribution is -2.44. The van der Waals surface area contributed by atoms with Crippen molar-refractivity contribution in [2.75, 3.05) is 0 Å². The maximum absolute atomic E-state index is 12.5. The summed E-state index contributed by atoms with van der Waals surface area (Å²) < 4.78 is 11.8. The highest BCUT2D eigenvalue weighted by atomic mass is 79.9. The third-order valence-electron chi connectivity index (χ3n) is 3.94. The maximum atomic E-state index is 12.5. The summed E-state index contributed by atoms with van der Waals surface area (Å²) in [7, 11) is 0. The minimum absolute atomic E-state index is 0.0696. The van der Waals surface area contributed by atoms with Crippen LogP contribution in [0, 0.1) is 11.8 Å². The van der Waals surface area contributed by atoms with Crippen molar-refractivity contribution in [1.29, 1.82) is 0 Å². The Bertz CT molecular complexity index is 706. The van der Waals surface area contributed by atoms with Crippen LogP contribution in [0.25, 0.3) is 0 Å². The molecule has 0 heterocycles. The van der Waals surface area contributed by atoms with E-state index in [1.54, 1.807) is 20.8 Å². The van der Waals surface area contributed by atoms with Crippen LogP contribution in [0.3, 0.4) is 0 Å². The standard InChI is InChI=1S/C21H26BrNO4/c1-21(2,3)27-20(25)23-18(19(24)26-17-8-4-5-9-17)10-6-7-15-11-13-16(22)14-12-15/h11-14,17-18H,4-5,8-10H2,1-3H3,(H,23,25)/t18-/m0/s1. The fraction of sp³-hybridized carbons (Fsp3) is 0.524. The number of alkyl carbamates (subject to hydrolysis) is 1. The smallest absolute Gasteiger partial charge is 0.408 e. The van der Waals surface area contributed by atoms with Gasteiger partial charge in [0, 0.05) is 16.5 Å². The lowest BCUT2D eigenvalue weighted by molar-refractivity contribution is -0.151. The number of hydrogen-bond acceptors (Lipinski definition) is 4. The molecule has 1 N–H and O–H groups in total. The van der Waals surface area contributed by atoms with Crippen LogP contribution in [0.1, 0.15) is 58.4 Å². The summed E-state index contributed by atoms with van der Waals surface area (Å²) in [5.74, 6) is 5.50. The monoisotopic (exact) mass is 435 g/mol. The Morgan fingerprint density at radius 2 is 1.85 bits per heavy atom. The molecule has 0 spiro atoms. The van der Waals surface area contributed by atoms with Crippen LogP contribution in [0.5, 0.6) is 0 Å². The van der Waals surface area contributed by atoms with Crippen LogP contribution in [0.15, 0.2) is 28.7 Å². The zero-order valence-corrected chi connectivity index (χ0v) is 17.6. The van der Waals surface area contributed by atoms with E-state index in [0.717, 1.165) is 35.7 Å². The molecule has 0 saturated heterocycles. The van der Waals surface area contributed by atoms with Gasteiger partial charge in [-0.25, -0.2) is 9.59 Å². The Labute approximate surface area is 169 Å². The number of halogens is 1. The van der Waals surface area contributed by atoms with E-state index in [0.29, 0.717) is 0 Å². The van der Waals surface area contributed by atoms with Crippen molar-refractivity contribution in [1.82, 2.24) is 5.32 Å². The number of nitrogens with one attached hydrogen (secondary N) is 1. The van der Waals surface area contributed by atoms with Crippen molar-refractivity contribution in [2.24, 2.45) is 0 Å². The van der Waals surface area contributed by atoms with Gasteiger partial charge in [-0.2, -0.15) is 0 Å². The summed E-state index contributed by atoms with van der Waals surface area (Å²) in [5, 5.41) is 2.60. The number of amides is 1. The molecule has 5 nitrogen and oxygen atoms in total. The van der Waals surface area contributed by atoms with Crippen LogP contribution in [-0.2, 0) is 14.3 Å². The molecule has 6 heteroatoms. The molecule has 0 unspecified atom stereocenters. The van der Waals surface area contributed by atoms with Gasteiger partial charge in [-0.1, -0.05) is 27.8 Å². The molecular weight excluding hydrogens is 410 g/mol. The molecule has 1 aromatic rings. The summed E-state index contributed by atoms with van der Waals surface area (Å²) in [6.07, 6.45) is 3.30. The second-order valence-corrected chi connectivity index (χ2v) is 8.47. The minimum Gasteiger partial charge on any atom is -0.461 e. The highest BCUT2D eigenvalue weighted by molar-refractivity contribution is 9.10. The average molecular weight is 436 g/mol. The Kier molecular flexibility index (Phi) is 7.73. The van der Waals surface area contributed by atoms with Crippen molar-refractivity contribution < 1.29 is 19.1 Å². The average Bonchev–Trinajstić information content (AvgIpc) is 3.07. The number of rotatable bonds is 4. The summed E-state index contributed by atoms with van der Waals surface area (Å²) >= 11 is 3.38. The molecule has 1 fully saturated rings. The van der Waals surface area contributed by atoms with Gasteiger partial charge in [0.1, 0.15) is 17.7 Å². The van der Waals surface area contributed by atoms with Gasteiger partial charge in [-0.05, 0) is 70.7 Å². The Morgan fingerprint density at radius 3 is 2.44 bits per heavy atom. The first kappa shape index (κ1) is 21.3. The minimum atomic E-state index is -0.858. The zero-order chi connectivity index (χ0) is 19.9. The van der Waals surface area contributed by atoms with E-state index < -0.39 is 23.7 Å². The first-order chi connectivity index (χ1) is 12.7. The van der Waals surface area contributed by atoms with Crippen LogP contribution in [0.2, 0.25) is 0 Å². The van der Waals surface area contributed by atoms with Gasteiger partial charge in [0.2, 0.25) is 0 Å². The zero-order valence-electron chi connectivity index (χ0n) is 16.0. The fourth-order valence-corrected chi connectivity index (χ4v) is 2.95. The van der Waals surface area contributed by atoms with E-state index in [1.807, 2.05) is 24.3 Å². The highest BCUT2D eigenvalue weighted by Crippen LogP contribution is 2.21. The number of esters is 1. The summed E-state index contributed by atoms with van der Waals surface area (Å²) in [6.45, 7) is 5.31. The second-order valence-electron chi connectivity index (χ2n) is 7.55. The van der Waals surface area contributed by atoms with E-state index in [-0.39, 0.29) is 12.5 Å². The third kappa shape index (κ3) is 8.04. The van der Waals surface area contributed by atoms with Crippen molar-refractivity contribution >= 4 is 28.0 Å². The molecule has 1 aromatic carbocycles. The van der Waals surface area contributed by atoms with Crippen molar-refractivity contribution in [3.05, 3.63) is 34.3 Å². The number of hydrogen-bond donors (Lipinski definition) is 1. The van der Waals surface area contributed by atoms with Gasteiger partial charge >= 0.3 is 12.1 Å². The topological polar surface area (TPSA) is 64.6 Å². The lowest BCUT2D eigenvalue weighted by Gasteiger charge is -2.23. The van der Waals surface area contributed by atoms with Gasteiger partial charge in [0.15, 0.2) is 0 Å². The second kappa shape index (κ2) is 9.80. The SMILES string of the molecule is CC(C)(C)OC(=O)N[C@@H](CC#Cc1ccc(Br)cc1)C(=O)OC1CCCC1. The van der Waals surface area contributed by atoms with Crippen LogP contribution >= 0.6 is 15.9 Å². The summed E-state index contributed by atoms with van der Waals surface area (Å²) in [4.78, 5) is 24.6. The molecular formula is C21H26BrNO4. The molecule has 0 radical (unpaired) electrons. The fourth-order valence-electron chi connectivity index (χ4n) is 2.68. The van der Waals surface area contributed by atoms with E-state index in [9.17, 15) is 9.59 Å². The molecule has 1 atom stereocenters. The number of carbonyl (C=O) groups is 2. The van der Waals surface area contributed by atoms with Crippen LogP contribution < -0.4 is 5.32 Å². The van der Waals surface area contributed by atoms with Crippen molar-refractivity contribution in [3.63, 3.8) is 0 Å². The third-order valence-corrected chi connectivity index (χ3v) is 4.47. The highest BCUT2D eigenvalue weighted by Gasteiger charge is 2.28. The van der Waals surface area contributed by atoms with Crippen molar-refractivity contribution in [2.45, 2.75) is 70.6 Å². The first-order valence-corrected chi connectivity index (χ1v) is 9.97. The van der Waals surface area contributed by atoms with E-state index in [2.05, 4.69) is 33.1 Å². The predicted molar refractivity (Wildman–Crippen MR) is 107 cm³/mol. The summed E-state index contributed by atoms with van der Waals surface area (Å²) in [5.41, 5.74) is 0.186. The molecule has 1 saturated carbocycles. The molecule has 0 bridgehead atoms. The van der Waals surface area contributed by atoms with Crippen molar-refractivity contribution in [3.8, 4) is 11.8 Å². The van der Waals surface area contributed by atoms with Crippen LogP contribution in [0.4, 0.5) is 4.79 Å². The van der Waals surface area contributed by atoms with Gasteiger partial charge in [-0.15, -0.1) is 0 Å². The molecule has 27 heavy (non-hydrogen) atoms.